The molecular formula is C11H16N2O2S. The first kappa shape index (κ1) is 11.3. The van der Waals surface area contributed by atoms with Crippen LogP contribution in [-0.2, 0) is 9.84 Å². The Hall–Kier alpha value is -1.23. The van der Waals surface area contributed by atoms with Gasteiger partial charge < -0.3 is 11.1 Å². The first-order valence-corrected chi connectivity index (χ1v) is 7.12. The second-order valence-corrected chi connectivity index (χ2v) is 6.51. The van der Waals surface area contributed by atoms with Crippen molar-refractivity contribution in [2.24, 2.45) is 0 Å². The van der Waals surface area contributed by atoms with Crippen LogP contribution in [0.4, 0.5) is 11.4 Å². The van der Waals surface area contributed by atoms with Crippen molar-refractivity contribution in [1.82, 2.24) is 0 Å². The van der Waals surface area contributed by atoms with E-state index in [-0.39, 0.29) is 17.5 Å². The maximum atomic E-state index is 11.3. The van der Waals surface area contributed by atoms with E-state index >= 15 is 0 Å². The highest BCUT2D eigenvalue weighted by Crippen LogP contribution is 2.25. The van der Waals surface area contributed by atoms with Crippen LogP contribution in [0.2, 0.25) is 0 Å². The van der Waals surface area contributed by atoms with Crippen LogP contribution >= 0.6 is 0 Å². The molecule has 1 unspecified atom stereocenters. The van der Waals surface area contributed by atoms with Crippen LogP contribution in [0.1, 0.15) is 12.0 Å². The van der Waals surface area contributed by atoms with Crippen molar-refractivity contribution < 1.29 is 8.42 Å². The molecule has 1 aliphatic rings. The lowest BCUT2D eigenvalue weighted by atomic mass is 10.1. The van der Waals surface area contributed by atoms with Gasteiger partial charge in [-0.3, -0.25) is 0 Å². The Bertz CT molecular complexity index is 476. The number of anilines is 2. The maximum Gasteiger partial charge on any atom is 0.152 e. The largest absolute Gasteiger partial charge is 0.397 e. The number of hydrogen-bond acceptors (Lipinski definition) is 4. The summed E-state index contributed by atoms with van der Waals surface area (Å²) in [6, 6.07) is 5.66. The van der Waals surface area contributed by atoms with Gasteiger partial charge in [-0.1, -0.05) is 12.1 Å². The van der Waals surface area contributed by atoms with Crippen LogP contribution in [-0.4, -0.2) is 26.0 Å². The van der Waals surface area contributed by atoms with Crippen LogP contribution < -0.4 is 11.1 Å². The fourth-order valence-electron chi connectivity index (χ4n) is 2.00. The molecule has 1 aromatic carbocycles. The molecule has 1 fully saturated rings. The third-order valence-electron chi connectivity index (χ3n) is 2.89. The molecule has 0 spiro atoms. The van der Waals surface area contributed by atoms with Crippen LogP contribution in [0.5, 0.6) is 0 Å². The third kappa shape index (κ3) is 2.29. The summed E-state index contributed by atoms with van der Waals surface area (Å²) < 4.78 is 22.7. The smallest absolute Gasteiger partial charge is 0.152 e. The van der Waals surface area contributed by atoms with E-state index in [1.54, 1.807) is 0 Å². The Morgan fingerprint density at radius 2 is 2.19 bits per heavy atom. The summed E-state index contributed by atoms with van der Waals surface area (Å²) in [7, 11) is -2.84. The highest BCUT2D eigenvalue weighted by Gasteiger charge is 2.28. The van der Waals surface area contributed by atoms with Gasteiger partial charge in [-0.2, -0.15) is 0 Å². The summed E-state index contributed by atoms with van der Waals surface area (Å²) >= 11 is 0. The molecular weight excluding hydrogens is 224 g/mol. The average Bonchev–Trinajstić information content (AvgIpc) is 2.52. The van der Waals surface area contributed by atoms with E-state index in [1.807, 2.05) is 25.1 Å². The normalized spacial score (nSPS) is 23.2. The molecule has 0 radical (unpaired) electrons. The first-order chi connectivity index (χ1) is 7.48. The van der Waals surface area contributed by atoms with Crippen molar-refractivity contribution in [2.75, 3.05) is 22.6 Å². The van der Waals surface area contributed by atoms with E-state index in [0.29, 0.717) is 12.1 Å². The number of rotatable bonds is 2. The van der Waals surface area contributed by atoms with Crippen molar-refractivity contribution in [3.63, 3.8) is 0 Å². The number of benzene rings is 1. The van der Waals surface area contributed by atoms with Crippen molar-refractivity contribution >= 4 is 21.2 Å². The fourth-order valence-corrected chi connectivity index (χ4v) is 3.67. The van der Waals surface area contributed by atoms with E-state index in [9.17, 15) is 8.42 Å². The topological polar surface area (TPSA) is 72.2 Å². The summed E-state index contributed by atoms with van der Waals surface area (Å²) in [4.78, 5) is 0. The van der Waals surface area contributed by atoms with Crippen molar-refractivity contribution in [2.45, 2.75) is 19.4 Å². The van der Waals surface area contributed by atoms with Crippen LogP contribution in [0.15, 0.2) is 18.2 Å². The maximum absolute atomic E-state index is 11.3. The van der Waals surface area contributed by atoms with E-state index in [2.05, 4.69) is 5.32 Å². The molecule has 1 heterocycles. The minimum Gasteiger partial charge on any atom is -0.397 e. The zero-order valence-electron chi connectivity index (χ0n) is 9.23. The Labute approximate surface area is 95.8 Å². The van der Waals surface area contributed by atoms with Gasteiger partial charge in [0.25, 0.3) is 0 Å². The number of nitrogens with one attached hydrogen (secondary N) is 1. The van der Waals surface area contributed by atoms with E-state index in [4.69, 9.17) is 5.73 Å². The molecule has 5 heteroatoms. The van der Waals surface area contributed by atoms with Crippen molar-refractivity contribution in [3.8, 4) is 0 Å². The Morgan fingerprint density at radius 1 is 1.44 bits per heavy atom. The monoisotopic (exact) mass is 240 g/mol. The lowest BCUT2D eigenvalue weighted by Gasteiger charge is -2.16. The predicted octanol–water partition coefficient (Wildman–Crippen LogP) is 1.18. The average molecular weight is 240 g/mol. The van der Waals surface area contributed by atoms with Gasteiger partial charge in [0.05, 0.1) is 22.9 Å². The van der Waals surface area contributed by atoms with Crippen LogP contribution in [0, 0.1) is 6.92 Å². The highest BCUT2D eigenvalue weighted by atomic mass is 32.2. The lowest BCUT2D eigenvalue weighted by Crippen LogP contribution is -2.21. The molecule has 0 aliphatic carbocycles. The second kappa shape index (κ2) is 3.97. The van der Waals surface area contributed by atoms with Crippen molar-refractivity contribution in [3.05, 3.63) is 23.8 Å². The number of hydrogen-bond donors (Lipinski definition) is 2. The molecule has 0 bridgehead atoms. The van der Waals surface area contributed by atoms with Gasteiger partial charge in [-0.25, -0.2) is 8.42 Å². The van der Waals surface area contributed by atoms with E-state index in [0.717, 1.165) is 11.3 Å². The number of sulfone groups is 1. The van der Waals surface area contributed by atoms with Gasteiger partial charge in [-0.05, 0) is 25.0 Å². The fraction of sp³-hybridized carbons (Fsp3) is 0.455. The molecule has 1 saturated heterocycles. The van der Waals surface area contributed by atoms with Gasteiger partial charge in [-0.15, -0.1) is 0 Å². The molecule has 1 aliphatic heterocycles. The molecule has 0 saturated carbocycles. The summed E-state index contributed by atoms with van der Waals surface area (Å²) in [5.41, 5.74) is 8.44. The standard InChI is InChI=1S/C11H16N2O2S/c1-8-3-2-4-10(12)11(8)13-9-5-6-16(14,15)7-9/h2-4,9,13H,5-7,12H2,1H3. The predicted molar refractivity (Wildman–Crippen MR) is 66.3 cm³/mol. The molecule has 1 atom stereocenters. The number of nitrogen functional groups attached to an aromatic ring is 1. The minimum absolute atomic E-state index is 0.00611. The van der Waals surface area contributed by atoms with E-state index < -0.39 is 9.84 Å². The highest BCUT2D eigenvalue weighted by molar-refractivity contribution is 7.91. The Kier molecular flexibility index (Phi) is 2.80. The Morgan fingerprint density at radius 3 is 2.75 bits per heavy atom. The molecule has 2 rings (SSSR count). The molecule has 4 nitrogen and oxygen atoms in total. The van der Waals surface area contributed by atoms with Gasteiger partial charge >= 0.3 is 0 Å². The number of aryl methyl sites for hydroxylation is 1. The molecule has 0 aromatic heterocycles. The zero-order valence-corrected chi connectivity index (χ0v) is 10.0. The SMILES string of the molecule is Cc1cccc(N)c1NC1CCS(=O)(=O)C1. The molecule has 88 valence electrons. The molecule has 1 aromatic rings. The van der Waals surface area contributed by atoms with Crippen LogP contribution in [0.25, 0.3) is 0 Å². The summed E-state index contributed by atoms with van der Waals surface area (Å²) in [6.07, 6.45) is 0.663. The summed E-state index contributed by atoms with van der Waals surface area (Å²) in [5.74, 6) is 0.483. The Balaban J connectivity index is 2.16. The van der Waals surface area contributed by atoms with Crippen molar-refractivity contribution in [1.29, 1.82) is 0 Å². The van der Waals surface area contributed by atoms with Gasteiger partial charge in [0.2, 0.25) is 0 Å². The zero-order chi connectivity index (χ0) is 11.8. The summed E-state index contributed by atoms with van der Waals surface area (Å²) in [5, 5.41) is 3.23. The quantitative estimate of drug-likeness (QED) is 0.761. The molecule has 16 heavy (non-hydrogen) atoms. The third-order valence-corrected chi connectivity index (χ3v) is 4.65. The van der Waals surface area contributed by atoms with E-state index in [1.165, 1.54) is 0 Å². The second-order valence-electron chi connectivity index (χ2n) is 4.28. The molecule has 0 amide bonds. The summed E-state index contributed by atoms with van der Waals surface area (Å²) in [6.45, 7) is 1.96. The minimum atomic E-state index is -2.84. The van der Waals surface area contributed by atoms with Gasteiger partial charge in [0, 0.05) is 6.04 Å². The molecule has 3 N–H and O–H groups in total. The number of nitrogens with two attached hydrogens (primary N) is 1. The van der Waals surface area contributed by atoms with Gasteiger partial charge in [0.15, 0.2) is 9.84 Å². The lowest BCUT2D eigenvalue weighted by molar-refractivity contribution is 0.602. The van der Waals surface area contributed by atoms with Crippen LogP contribution in [0.3, 0.4) is 0 Å². The number of para-hydroxylation sites is 1. The first-order valence-electron chi connectivity index (χ1n) is 5.30. The van der Waals surface area contributed by atoms with Gasteiger partial charge in [0.1, 0.15) is 0 Å².